The van der Waals surface area contributed by atoms with Gasteiger partial charge in [-0.15, -0.1) is 11.8 Å². The van der Waals surface area contributed by atoms with Crippen LogP contribution in [0.15, 0.2) is 87.6 Å². The fraction of sp³-hybridized carbons (Fsp3) is 0.185. The summed E-state index contributed by atoms with van der Waals surface area (Å²) in [6.45, 7) is 1.74. The Labute approximate surface area is 257 Å². The lowest BCUT2D eigenvalue weighted by molar-refractivity contribution is -0.138. The number of urea groups is 1. The number of nitrogens with two attached hydrogens (primary N) is 1. The van der Waals surface area contributed by atoms with Crippen LogP contribution in [0.2, 0.25) is 5.02 Å². The van der Waals surface area contributed by atoms with Gasteiger partial charge in [-0.2, -0.15) is 0 Å². The number of sulfonamides is 2. The van der Waals surface area contributed by atoms with Gasteiger partial charge in [0.05, 0.1) is 16.5 Å². The Morgan fingerprint density at radius 2 is 1.51 bits per heavy atom. The molecule has 1 fully saturated rings. The monoisotopic (exact) mass is 663 g/mol. The van der Waals surface area contributed by atoms with Gasteiger partial charge in [0.25, 0.3) is 10.0 Å². The third kappa shape index (κ3) is 7.08. The van der Waals surface area contributed by atoms with Gasteiger partial charge in [0, 0.05) is 5.75 Å². The van der Waals surface area contributed by atoms with E-state index in [1.165, 1.54) is 17.8 Å². The van der Waals surface area contributed by atoms with Crippen LogP contribution in [0.4, 0.5) is 10.5 Å². The Kier molecular flexibility index (Phi) is 9.61. The number of nitrogens with zero attached hydrogens (tertiary/aromatic N) is 1. The van der Waals surface area contributed by atoms with E-state index in [1.54, 1.807) is 37.3 Å². The molecule has 12 nitrogen and oxygen atoms in total. The van der Waals surface area contributed by atoms with Crippen LogP contribution in [0.3, 0.4) is 0 Å². The number of rotatable bonds is 7. The van der Waals surface area contributed by atoms with Crippen LogP contribution < -0.4 is 20.5 Å². The highest BCUT2D eigenvalue weighted by Gasteiger charge is 2.50. The fourth-order valence-corrected chi connectivity index (χ4v) is 7.70. The van der Waals surface area contributed by atoms with Crippen molar-refractivity contribution in [3.8, 4) is 0 Å². The Hall–Kier alpha value is -3.76. The highest BCUT2D eigenvalue weighted by atomic mass is 35.5. The molecule has 2 aliphatic rings. The lowest BCUT2D eigenvalue weighted by Gasteiger charge is -2.33. The van der Waals surface area contributed by atoms with Crippen LogP contribution in [0.5, 0.6) is 0 Å². The van der Waals surface area contributed by atoms with Gasteiger partial charge in [-0.3, -0.25) is 24.9 Å². The Balaban J connectivity index is 0.000000215. The van der Waals surface area contributed by atoms with Crippen molar-refractivity contribution in [2.24, 2.45) is 10.1 Å². The molecule has 0 radical (unpaired) electrons. The number of carbonyl (C=O) groups excluding carboxylic acids is 3. The van der Waals surface area contributed by atoms with Gasteiger partial charge in [-0.25, -0.2) is 31.8 Å². The quantitative estimate of drug-likeness (QED) is 0.277. The van der Waals surface area contributed by atoms with Gasteiger partial charge in [0.2, 0.25) is 21.8 Å². The molecule has 2 aliphatic heterocycles. The number of benzene rings is 3. The summed E-state index contributed by atoms with van der Waals surface area (Å²) in [4.78, 5) is 38.5. The summed E-state index contributed by atoms with van der Waals surface area (Å²) in [5.74, 6) is 0.138. The first-order chi connectivity index (χ1) is 20.3. The van der Waals surface area contributed by atoms with Crippen LogP contribution in [0, 0.1) is 0 Å². The van der Waals surface area contributed by atoms with Crippen molar-refractivity contribution in [2.45, 2.75) is 34.3 Å². The number of aliphatic imine (C=N–C) groups is 1. The lowest BCUT2D eigenvalue weighted by Crippen LogP contribution is -2.64. The van der Waals surface area contributed by atoms with E-state index in [0.29, 0.717) is 23.5 Å². The summed E-state index contributed by atoms with van der Waals surface area (Å²) in [7, 11) is -8.11. The van der Waals surface area contributed by atoms with Gasteiger partial charge in [0.1, 0.15) is 15.6 Å². The smallest absolute Gasteiger partial charge is 0.277 e. The van der Waals surface area contributed by atoms with Crippen molar-refractivity contribution in [2.75, 3.05) is 5.75 Å². The molecule has 0 bridgehead atoms. The maximum atomic E-state index is 12.4. The molecule has 1 saturated heterocycles. The van der Waals surface area contributed by atoms with E-state index in [-0.39, 0.29) is 21.4 Å². The summed E-state index contributed by atoms with van der Waals surface area (Å²) in [5.41, 5.74) is 0.467. The number of halogens is 1. The largest absolute Gasteiger partial charge is 0.328 e. The fourth-order valence-electron chi connectivity index (χ4n) is 4.39. The van der Waals surface area contributed by atoms with Crippen molar-refractivity contribution in [1.82, 2.24) is 15.4 Å². The van der Waals surface area contributed by atoms with E-state index >= 15 is 0 Å². The van der Waals surface area contributed by atoms with Crippen LogP contribution in [-0.4, -0.2) is 46.3 Å². The number of hydrogen-bond acceptors (Lipinski definition) is 9. The highest BCUT2D eigenvalue weighted by molar-refractivity contribution is 7.99. The third-order valence-electron chi connectivity index (χ3n) is 6.49. The minimum Gasteiger partial charge on any atom is -0.277 e. The first-order valence-corrected chi connectivity index (χ1v) is 17.1. The molecule has 0 atom stereocenters. The maximum absolute atomic E-state index is 12.4. The minimum atomic E-state index is -4.15. The summed E-state index contributed by atoms with van der Waals surface area (Å²) in [6, 6.07) is 19.8. The van der Waals surface area contributed by atoms with Crippen LogP contribution in [-0.2, 0) is 40.8 Å². The molecule has 0 aromatic heterocycles. The average Bonchev–Trinajstić information content (AvgIpc) is 2.93. The molecule has 0 aliphatic carbocycles. The first kappa shape index (κ1) is 32.2. The third-order valence-corrected chi connectivity index (χ3v) is 10.3. The zero-order valence-corrected chi connectivity index (χ0v) is 25.7. The predicted molar refractivity (Wildman–Crippen MR) is 163 cm³/mol. The average molecular weight is 664 g/mol. The van der Waals surface area contributed by atoms with Crippen LogP contribution in [0.25, 0.3) is 0 Å². The molecule has 226 valence electrons. The molecule has 43 heavy (non-hydrogen) atoms. The van der Waals surface area contributed by atoms with E-state index in [4.69, 9.17) is 16.7 Å². The van der Waals surface area contributed by atoms with Gasteiger partial charge in [-0.1, -0.05) is 79.2 Å². The van der Waals surface area contributed by atoms with Gasteiger partial charge < -0.3 is 0 Å². The lowest BCUT2D eigenvalue weighted by atomic mass is 9.75. The summed E-state index contributed by atoms with van der Waals surface area (Å²) in [6.07, 6.45) is 0.294. The second-order valence-corrected chi connectivity index (χ2v) is 13.9. The van der Waals surface area contributed by atoms with Gasteiger partial charge >= 0.3 is 6.03 Å². The van der Waals surface area contributed by atoms with Gasteiger partial charge in [0.15, 0.2) is 5.41 Å². The molecule has 3 aromatic carbocycles. The van der Waals surface area contributed by atoms with Gasteiger partial charge in [-0.05, 0) is 29.7 Å². The molecule has 5 rings (SSSR count). The number of thioether (sulfide) groups is 1. The van der Waals surface area contributed by atoms with Crippen molar-refractivity contribution in [3.63, 3.8) is 0 Å². The normalized spacial score (nSPS) is 16.8. The molecule has 4 amide bonds. The van der Waals surface area contributed by atoms with E-state index in [1.807, 2.05) is 30.3 Å². The van der Waals surface area contributed by atoms with E-state index < -0.39 is 48.2 Å². The summed E-state index contributed by atoms with van der Waals surface area (Å²) in [5, 5.41) is 9.16. The van der Waals surface area contributed by atoms with Crippen LogP contribution in [0.1, 0.15) is 24.5 Å². The first-order valence-electron chi connectivity index (χ1n) is 12.6. The number of nitrogens with one attached hydrogen (secondary N) is 3. The Morgan fingerprint density at radius 3 is 2.07 bits per heavy atom. The number of carbonyl (C=O) groups is 3. The number of barbiturate groups is 1. The molecule has 2 heterocycles. The van der Waals surface area contributed by atoms with Crippen molar-refractivity contribution in [1.29, 1.82) is 0 Å². The number of primary sulfonamides is 1. The molecule has 0 saturated carbocycles. The van der Waals surface area contributed by atoms with E-state index in [9.17, 15) is 31.2 Å². The molecule has 0 unspecified atom stereocenters. The number of amides is 4. The number of amidine groups is 1. The zero-order valence-electron chi connectivity index (χ0n) is 22.5. The second-order valence-electron chi connectivity index (χ2n) is 9.30. The molecule has 3 aromatic rings. The number of imide groups is 2. The molecular formula is C27H26ClN5O7S3. The topological polar surface area (TPSA) is 194 Å². The van der Waals surface area contributed by atoms with Crippen molar-refractivity contribution < 1.29 is 31.2 Å². The Morgan fingerprint density at radius 1 is 0.930 bits per heavy atom. The SMILES string of the molecule is CCC1(c2ccccc2)C(=O)NC(=O)NC1=O.NS(=O)(=O)c1cc2c(cc1Cl)N=C(CSCc1ccccc1)NS2(=O)=O. The zero-order chi connectivity index (χ0) is 31.4. The standard InChI is InChI=1S/C15H14ClN3O4S3.C12H12N2O3/c16-11-6-12-14(7-13(11)25(17,20)21)26(22,23)19-15(18-12)9-24-8-10-4-2-1-3-5-10;1-2-12(8-6-4-3-5-7-8)9(15)13-11(17)14-10(12)16/h1-7H,8-9H2,(H,18,19)(H2,17,20,21);3-7H,2H2,1H3,(H2,13,14,15,16,17). The molecular weight excluding hydrogens is 638 g/mol. The van der Waals surface area contributed by atoms with Crippen molar-refractivity contribution in [3.05, 3.63) is 88.9 Å². The Bertz CT molecular complexity index is 1800. The predicted octanol–water partition coefficient (Wildman–Crippen LogP) is 2.94. The highest BCUT2D eigenvalue weighted by Crippen LogP contribution is 2.35. The van der Waals surface area contributed by atoms with E-state index in [2.05, 4.69) is 20.3 Å². The summed E-state index contributed by atoms with van der Waals surface area (Å²) < 4.78 is 50.3. The molecule has 16 heteroatoms. The maximum Gasteiger partial charge on any atom is 0.328 e. The molecule has 0 spiro atoms. The number of fused-ring (bicyclic) bond motifs is 1. The second kappa shape index (κ2) is 12.9. The van der Waals surface area contributed by atoms with E-state index in [0.717, 1.165) is 11.6 Å². The minimum absolute atomic E-state index is 0.0801. The summed E-state index contributed by atoms with van der Waals surface area (Å²) >= 11 is 7.42. The van der Waals surface area contributed by atoms with Crippen molar-refractivity contribution >= 4 is 72.8 Å². The molecule has 5 N–H and O–H groups in total. The van der Waals surface area contributed by atoms with Crippen LogP contribution >= 0.6 is 23.4 Å². The number of hydrogen-bond donors (Lipinski definition) is 4.